The molecule has 1 aromatic carbocycles. The highest BCUT2D eigenvalue weighted by Gasteiger charge is 2.37. The fourth-order valence-electron chi connectivity index (χ4n) is 2.52. The lowest BCUT2D eigenvalue weighted by Crippen LogP contribution is -2.53. The SMILES string of the molecule is CN[C@H](Cc1ccccc1)C(=O)NN(C)C(=O)OC1(C)CCC1. The van der Waals surface area contributed by atoms with Crippen LogP contribution < -0.4 is 10.7 Å². The Balaban J connectivity index is 1.86. The van der Waals surface area contributed by atoms with Crippen molar-refractivity contribution in [2.24, 2.45) is 0 Å². The minimum Gasteiger partial charge on any atom is -0.442 e. The molecule has 0 aromatic heterocycles. The molecular weight excluding hydrogens is 294 g/mol. The molecule has 1 aliphatic rings. The molecule has 0 bridgehead atoms. The van der Waals surface area contributed by atoms with E-state index in [1.807, 2.05) is 37.3 Å². The smallest absolute Gasteiger partial charge is 0.428 e. The van der Waals surface area contributed by atoms with Crippen molar-refractivity contribution >= 4 is 12.0 Å². The molecule has 1 fully saturated rings. The fourth-order valence-corrected chi connectivity index (χ4v) is 2.52. The molecular formula is C17H25N3O3. The number of nitrogens with zero attached hydrogens (tertiary/aromatic N) is 1. The van der Waals surface area contributed by atoms with Crippen LogP contribution in [0.2, 0.25) is 0 Å². The summed E-state index contributed by atoms with van der Waals surface area (Å²) in [5.74, 6) is -0.269. The van der Waals surface area contributed by atoms with Crippen molar-refractivity contribution in [3.63, 3.8) is 0 Å². The van der Waals surface area contributed by atoms with Gasteiger partial charge in [0.15, 0.2) is 0 Å². The maximum atomic E-state index is 12.3. The zero-order valence-electron chi connectivity index (χ0n) is 14.0. The lowest BCUT2D eigenvalue weighted by atomic mass is 9.82. The van der Waals surface area contributed by atoms with Crippen LogP contribution >= 0.6 is 0 Å². The fraction of sp³-hybridized carbons (Fsp3) is 0.529. The topological polar surface area (TPSA) is 70.7 Å². The molecule has 1 aromatic rings. The second kappa shape index (κ2) is 7.46. The van der Waals surface area contributed by atoms with Crippen LogP contribution in [0.25, 0.3) is 0 Å². The van der Waals surface area contributed by atoms with Gasteiger partial charge in [0.05, 0.1) is 6.04 Å². The third-order valence-electron chi connectivity index (χ3n) is 4.24. The number of benzene rings is 1. The van der Waals surface area contributed by atoms with Crippen LogP contribution in [0.3, 0.4) is 0 Å². The summed E-state index contributed by atoms with van der Waals surface area (Å²) in [6.07, 6.45) is 2.82. The molecule has 0 saturated heterocycles. The predicted molar refractivity (Wildman–Crippen MR) is 87.6 cm³/mol. The van der Waals surface area contributed by atoms with Crippen LogP contribution in [0.15, 0.2) is 30.3 Å². The number of hydrazine groups is 1. The first kappa shape index (κ1) is 17.3. The minimum absolute atomic E-state index is 0.269. The van der Waals surface area contributed by atoms with Crippen LogP contribution in [-0.2, 0) is 16.0 Å². The minimum atomic E-state index is -0.532. The Hall–Kier alpha value is -2.08. The lowest BCUT2D eigenvalue weighted by molar-refractivity contribution is -0.128. The monoisotopic (exact) mass is 319 g/mol. The van der Waals surface area contributed by atoms with Gasteiger partial charge in [0, 0.05) is 7.05 Å². The molecule has 2 N–H and O–H groups in total. The molecule has 1 atom stereocenters. The van der Waals surface area contributed by atoms with Gasteiger partial charge in [0.2, 0.25) is 0 Å². The van der Waals surface area contributed by atoms with Crippen molar-refractivity contribution in [3.05, 3.63) is 35.9 Å². The van der Waals surface area contributed by atoms with Gasteiger partial charge in [-0.25, -0.2) is 9.80 Å². The second-order valence-electron chi connectivity index (χ2n) is 6.24. The number of carbonyl (C=O) groups is 2. The Bertz CT molecular complexity index is 543. The first-order valence-corrected chi connectivity index (χ1v) is 7.92. The number of likely N-dealkylation sites (N-methyl/N-ethyl adjacent to an activating group) is 1. The van der Waals surface area contributed by atoms with E-state index in [2.05, 4.69) is 10.7 Å². The van der Waals surface area contributed by atoms with Crippen LogP contribution in [0, 0.1) is 0 Å². The molecule has 0 radical (unpaired) electrons. The third-order valence-corrected chi connectivity index (χ3v) is 4.24. The summed E-state index contributed by atoms with van der Waals surface area (Å²) in [5, 5.41) is 4.09. The Labute approximate surface area is 137 Å². The van der Waals surface area contributed by atoms with E-state index in [9.17, 15) is 9.59 Å². The van der Waals surface area contributed by atoms with Gasteiger partial charge >= 0.3 is 6.09 Å². The van der Waals surface area contributed by atoms with Crippen molar-refractivity contribution in [2.45, 2.75) is 44.2 Å². The third kappa shape index (κ3) is 4.69. The summed E-state index contributed by atoms with van der Waals surface area (Å²) in [6, 6.07) is 9.31. The second-order valence-corrected chi connectivity index (χ2v) is 6.24. The molecule has 1 aliphatic carbocycles. The standard InChI is InChI=1S/C17H25N3O3/c1-17(10-7-11-17)23-16(22)20(3)19-15(21)14(18-2)12-13-8-5-4-6-9-13/h4-6,8-9,14,18H,7,10-12H2,1-3H3,(H,19,21)/t14-/m1/s1. The molecule has 2 amide bonds. The van der Waals surface area contributed by atoms with Crippen LogP contribution in [0.1, 0.15) is 31.7 Å². The van der Waals surface area contributed by atoms with Crippen molar-refractivity contribution < 1.29 is 14.3 Å². The number of amides is 2. The van der Waals surface area contributed by atoms with Gasteiger partial charge in [-0.05, 0) is 45.2 Å². The predicted octanol–water partition coefficient (Wildman–Crippen LogP) is 1.86. The van der Waals surface area contributed by atoms with E-state index in [0.29, 0.717) is 6.42 Å². The van der Waals surface area contributed by atoms with Gasteiger partial charge in [0.1, 0.15) is 5.60 Å². The molecule has 23 heavy (non-hydrogen) atoms. The number of hydrogen-bond donors (Lipinski definition) is 2. The molecule has 0 heterocycles. The maximum Gasteiger partial charge on any atom is 0.428 e. The van der Waals surface area contributed by atoms with Crippen LogP contribution in [0.4, 0.5) is 4.79 Å². The summed E-state index contributed by atoms with van der Waals surface area (Å²) in [7, 11) is 3.22. The van der Waals surface area contributed by atoms with Gasteiger partial charge in [-0.15, -0.1) is 0 Å². The Morgan fingerprint density at radius 2 is 1.96 bits per heavy atom. The first-order chi connectivity index (χ1) is 10.9. The summed E-state index contributed by atoms with van der Waals surface area (Å²) in [4.78, 5) is 24.3. The van der Waals surface area contributed by atoms with Gasteiger partial charge in [-0.2, -0.15) is 0 Å². The van der Waals surface area contributed by atoms with E-state index in [0.717, 1.165) is 29.8 Å². The van der Waals surface area contributed by atoms with E-state index in [1.165, 1.54) is 7.05 Å². The van der Waals surface area contributed by atoms with Crippen molar-refractivity contribution in [2.75, 3.05) is 14.1 Å². The van der Waals surface area contributed by atoms with E-state index >= 15 is 0 Å². The van der Waals surface area contributed by atoms with Gasteiger partial charge < -0.3 is 10.1 Å². The number of ether oxygens (including phenoxy) is 1. The number of hydrogen-bond acceptors (Lipinski definition) is 4. The van der Waals surface area contributed by atoms with Crippen molar-refractivity contribution in [1.82, 2.24) is 15.8 Å². The normalized spacial score (nSPS) is 16.8. The average Bonchev–Trinajstić information content (AvgIpc) is 2.51. The Kier molecular flexibility index (Phi) is 5.60. The summed E-state index contributed by atoms with van der Waals surface area (Å²) in [6.45, 7) is 1.91. The molecule has 0 spiro atoms. The van der Waals surface area contributed by atoms with Crippen molar-refractivity contribution in [1.29, 1.82) is 0 Å². The van der Waals surface area contributed by atoms with Gasteiger partial charge in [-0.3, -0.25) is 10.2 Å². The highest BCUT2D eigenvalue weighted by atomic mass is 16.6. The first-order valence-electron chi connectivity index (χ1n) is 7.92. The molecule has 6 heteroatoms. The molecule has 0 aliphatic heterocycles. The van der Waals surface area contributed by atoms with E-state index < -0.39 is 12.1 Å². The molecule has 0 unspecified atom stereocenters. The molecule has 2 rings (SSSR count). The average molecular weight is 319 g/mol. The number of nitrogens with one attached hydrogen (secondary N) is 2. The highest BCUT2D eigenvalue weighted by molar-refractivity contribution is 5.84. The van der Waals surface area contributed by atoms with Crippen molar-refractivity contribution in [3.8, 4) is 0 Å². The zero-order valence-corrected chi connectivity index (χ0v) is 14.0. The Morgan fingerprint density at radius 1 is 1.30 bits per heavy atom. The molecule has 1 saturated carbocycles. The van der Waals surface area contributed by atoms with Gasteiger partial charge in [-0.1, -0.05) is 30.3 Å². The quantitative estimate of drug-likeness (QED) is 0.813. The maximum absolute atomic E-state index is 12.3. The highest BCUT2D eigenvalue weighted by Crippen LogP contribution is 2.35. The van der Waals surface area contributed by atoms with Crippen LogP contribution in [-0.4, -0.2) is 42.7 Å². The van der Waals surface area contributed by atoms with Crippen LogP contribution in [0.5, 0.6) is 0 Å². The van der Waals surface area contributed by atoms with E-state index in [-0.39, 0.29) is 11.5 Å². The summed E-state index contributed by atoms with van der Waals surface area (Å²) < 4.78 is 5.42. The summed E-state index contributed by atoms with van der Waals surface area (Å²) >= 11 is 0. The largest absolute Gasteiger partial charge is 0.442 e. The lowest BCUT2D eigenvalue weighted by Gasteiger charge is -2.38. The molecule has 126 valence electrons. The molecule has 6 nitrogen and oxygen atoms in total. The summed E-state index contributed by atoms with van der Waals surface area (Å²) in [5.41, 5.74) is 3.24. The van der Waals surface area contributed by atoms with E-state index in [4.69, 9.17) is 4.74 Å². The zero-order chi connectivity index (χ0) is 16.9. The Morgan fingerprint density at radius 3 is 2.48 bits per heavy atom. The number of rotatable bonds is 5. The number of carbonyl (C=O) groups excluding carboxylic acids is 2. The van der Waals surface area contributed by atoms with Gasteiger partial charge in [0.25, 0.3) is 5.91 Å². The van der Waals surface area contributed by atoms with E-state index in [1.54, 1.807) is 7.05 Å².